The van der Waals surface area contributed by atoms with E-state index in [1.807, 2.05) is 0 Å². The van der Waals surface area contributed by atoms with Crippen LogP contribution < -0.4 is 0 Å². The van der Waals surface area contributed by atoms with Crippen LogP contribution in [0.4, 0.5) is 0 Å². The molecule has 0 saturated heterocycles. The van der Waals surface area contributed by atoms with E-state index in [4.69, 9.17) is 0 Å². The van der Waals surface area contributed by atoms with Crippen LogP contribution in [0.3, 0.4) is 0 Å². The van der Waals surface area contributed by atoms with Gasteiger partial charge in [0.1, 0.15) is 0 Å². The minimum absolute atomic E-state index is 0.565. The second-order valence-electron chi connectivity index (χ2n) is 3.57. The minimum Gasteiger partial charge on any atom is -0.189 e. The van der Waals surface area contributed by atoms with Crippen LogP contribution >= 0.6 is 10.5 Å². The molecule has 0 bridgehead atoms. The lowest BCUT2D eigenvalue weighted by Gasteiger charge is -2.11. The van der Waals surface area contributed by atoms with Gasteiger partial charge >= 0.3 is 0 Å². The Morgan fingerprint density at radius 3 is 3.00 bits per heavy atom. The summed E-state index contributed by atoms with van der Waals surface area (Å²) in [5.74, 6) is 1.38. The Kier molecular flexibility index (Phi) is 5.14. The predicted octanol–water partition coefficient (Wildman–Crippen LogP) is 3.76. The third kappa shape index (κ3) is 4.47. The summed E-state index contributed by atoms with van der Waals surface area (Å²) >= 11 is 0. The zero-order valence-corrected chi connectivity index (χ0v) is 9.57. The molecule has 0 aromatic rings. The first-order valence-corrected chi connectivity index (χ1v) is 6.95. The van der Waals surface area contributed by atoms with Gasteiger partial charge in [0, 0.05) is 0 Å². The molecule has 1 atom stereocenters. The van der Waals surface area contributed by atoms with Crippen molar-refractivity contribution >= 4 is 15.9 Å². The number of allylic oxidation sites excluding steroid dienone is 4. The first-order chi connectivity index (χ1) is 6.33. The van der Waals surface area contributed by atoms with E-state index in [2.05, 4.69) is 36.8 Å². The SMILES string of the molecule is C/C=C\CCCC1=CC=S(C)CC1. The molecule has 1 aliphatic rings. The van der Waals surface area contributed by atoms with Gasteiger partial charge in [-0.1, -0.05) is 23.8 Å². The molecule has 0 saturated carbocycles. The van der Waals surface area contributed by atoms with E-state index in [0.717, 1.165) is 0 Å². The van der Waals surface area contributed by atoms with Crippen LogP contribution in [-0.2, 0) is 0 Å². The highest BCUT2D eigenvalue weighted by molar-refractivity contribution is 8.14. The van der Waals surface area contributed by atoms with Crippen LogP contribution in [0.25, 0.3) is 0 Å². The van der Waals surface area contributed by atoms with Crippen LogP contribution in [0, 0.1) is 0 Å². The van der Waals surface area contributed by atoms with E-state index < -0.39 is 0 Å². The second-order valence-corrected chi connectivity index (χ2v) is 5.63. The van der Waals surface area contributed by atoms with Crippen molar-refractivity contribution < 1.29 is 0 Å². The summed E-state index contributed by atoms with van der Waals surface area (Å²) in [6.07, 6.45) is 14.3. The first kappa shape index (κ1) is 10.8. The molecular formula is C12H20S. The largest absolute Gasteiger partial charge is 0.189 e. The highest BCUT2D eigenvalue weighted by Crippen LogP contribution is 2.21. The summed E-state index contributed by atoms with van der Waals surface area (Å²) in [5.41, 5.74) is 1.66. The van der Waals surface area contributed by atoms with Crippen molar-refractivity contribution in [2.75, 3.05) is 12.0 Å². The summed E-state index contributed by atoms with van der Waals surface area (Å²) in [5, 5.41) is 2.38. The third-order valence-electron chi connectivity index (χ3n) is 2.39. The molecule has 0 aromatic heterocycles. The summed E-state index contributed by atoms with van der Waals surface area (Å²) in [4.78, 5) is 0. The van der Waals surface area contributed by atoms with Gasteiger partial charge in [0.15, 0.2) is 0 Å². The van der Waals surface area contributed by atoms with Crippen molar-refractivity contribution in [1.82, 2.24) is 0 Å². The van der Waals surface area contributed by atoms with E-state index in [1.165, 1.54) is 31.4 Å². The Morgan fingerprint density at radius 2 is 2.38 bits per heavy atom. The van der Waals surface area contributed by atoms with Gasteiger partial charge in [0.25, 0.3) is 0 Å². The lowest BCUT2D eigenvalue weighted by Crippen LogP contribution is -1.95. The zero-order chi connectivity index (χ0) is 9.52. The van der Waals surface area contributed by atoms with Crippen molar-refractivity contribution in [1.29, 1.82) is 0 Å². The van der Waals surface area contributed by atoms with Gasteiger partial charge < -0.3 is 0 Å². The van der Waals surface area contributed by atoms with Crippen LogP contribution in [0.5, 0.6) is 0 Å². The summed E-state index contributed by atoms with van der Waals surface area (Å²) in [6, 6.07) is 0. The number of unbranched alkanes of at least 4 members (excludes halogenated alkanes) is 1. The topological polar surface area (TPSA) is 0 Å². The quantitative estimate of drug-likeness (QED) is 0.365. The van der Waals surface area contributed by atoms with E-state index in [-0.39, 0.29) is 0 Å². The molecule has 0 spiro atoms. The van der Waals surface area contributed by atoms with Gasteiger partial charge in [-0.25, -0.2) is 0 Å². The number of hydrogen-bond acceptors (Lipinski definition) is 0. The van der Waals surface area contributed by atoms with Crippen molar-refractivity contribution in [3.05, 3.63) is 23.8 Å². The Morgan fingerprint density at radius 1 is 1.54 bits per heavy atom. The highest BCUT2D eigenvalue weighted by Gasteiger charge is 2.01. The fraction of sp³-hybridized carbons (Fsp3) is 0.583. The first-order valence-electron chi connectivity index (χ1n) is 5.08. The summed E-state index contributed by atoms with van der Waals surface area (Å²) < 4.78 is 0. The van der Waals surface area contributed by atoms with E-state index in [9.17, 15) is 0 Å². The number of rotatable bonds is 4. The van der Waals surface area contributed by atoms with Gasteiger partial charge in [-0.05, 0) is 50.0 Å². The predicted molar refractivity (Wildman–Crippen MR) is 65.8 cm³/mol. The van der Waals surface area contributed by atoms with Crippen molar-refractivity contribution in [3.63, 3.8) is 0 Å². The molecule has 1 heterocycles. The standard InChI is InChI=1S/C12H20S/c1-3-4-5-6-7-12-8-10-13(2)11-9-12/h3-4,8,10H,5-7,9,11H2,1-2H3/b4-3-. The molecule has 13 heavy (non-hydrogen) atoms. The van der Waals surface area contributed by atoms with Crippen molar-refractivity contribution in [3.8, 4) is 0 Å². The fourth-order valence-electron chi connectivity index (χ4n) is 1.48. The maximum atomic E-state index is 2.38. The molecule has 0 nitrogen and oxygen atoms in total. The van der Waals surface area contributed by atoms with Gasteiger partial charge in [-0.15, -0.1) is 0 Å². The van der Waals surface area contributed by atoms with Gasteiger partial charge in [-0.3, -0.25) is 0 Å². The highest BCUT2D eigenvalue weighted by atomic mass is 32.2. The Hall–Kier alpha value is -0.300. The Bertz CT molecular complexity index is 234. The van der Waals surface area contributed by atoms with E-state index in [1.54, 1.807) is 5.57 Å². The average Bonchev–Trinajstić information content (AvgIpc) is 2.15. The van der Waals surface area contributed by atoms with Crippen LogP contribution in [0.1, 0.15) is 32.6 Å². The normalized spacial score (nSPS) is 22.9. The molecule has 0 amide bonds. The Balaban J connectivity index is 2.22. The Labute approximate surface area is 84.7 Å². The molecule has 1 rings (SSSR count). The van der Waals surface area contributed by atoms with E-state index in [0.29, 0.717) is 10.5 Å². The molecule has 0 N–H and O–H groups in total. The second kappa shape index (κ2) is 6.20. The molecule has 0 aromatic carbocycles. The van der Waals surface area contributed by atoms with Crippen molar-refractivity contribution in [2.24, 2.45) is 0 Å². The van der Waals surface area contributed by atoms with E-state index >= 15 is 0 Å². The van der Waals surface area contributed by atoms with Gasteiger partial charge in [0.05, 0.1) is 0 Å². The monoisotopic (exact) mass is 196 g/mol. The summed E-state index contributed by atoms with van der Waals surface area (Å²) in [7, 11) is 0.565. The lowest BCUT2D eigenvalue weighted by molar-refractivity contribution is 0.806. The molecule has 74 valence electrons. The fourth-order valence-corrected chi connectivity index (χ4v) is 2.62. The third-order valence-corrected chi connectivity index (χ3v) is 3.83. The lowest BCUT2D eigenvalue weighted by atomic mass is 10.1. The molecule has 0 fully saturated rings. The van der Waals surface area contributed by atoms with Crippen LogP contribution in [-0.4, -0.2) is 17.4 Å². The minimum atomic E-state index is 0.565. The molecular weight excluding hydrogens is 176 g/mol. The molecule has 1 unspecified atom stereocenters. The van der Waals surface area contributed by atoms with Crippen LogP contribution in [0.15, 0.2) is 23.8 Å². The van der Waals surface area contributed by atoms with Gasteiger partial charge in [-0.2, -0.15) is 10.5 Å². The molecule has 0 aliphatic carbocycles. The summed E-state index contributed by atoms with van der Waals surface area (Å²) in [6.45, 7) is 2.09. The number of hydrogen-bond donors (Lipinski definition) is 0. The van der Waals surface area contributed by atoms with Gasteiger partial charge in [0.2, 0.25) is 0 Å². The maximum absolute atomic E-state index is 2.38. The zero-order valence-electron chi connectivity index (χ0n) is 8.75. The van der Waals surface area contributed by atoms with Crippen molar-refractivity contribution in [2.45, 2.75) is 32.6 Å². The maximum Gasteiger partial charge on any atom is -0.00823 e. The molecule has 1 aliphatic heterocycles. The molecule has 0 radical (unpaired) electrons. The molecule has 1 heteroatoms. The average molecular weight is 196 g/mol. The smallest absolute Gasteiger partial charge is 0.00823 e. The van der Waals surface area contributed by atoms with Crippen LogP contribution in [0.2, 0.25) is 0 Å².